The van der Waals surface area contributed by atoms with Gasteiger partial charge in [-0.2, -0.15) is 5.10 Å². The van der Waals surface area contributed by atoms with Crippen LogP contribution in [0.1, 0.15) is 22.9 Å². The zero-order valence-corrected chi connectivity index (χ0v) is 13.1. The van der Waals surface area contributed by atoms with Crippen LogP contribution in [0.5, 0.6) is 5.75 Å². The number of aromatic nitrogens is 2. The van der Waals surface area contributed by atoms with Gasteiger partial charge in [0.2, 0.25) is 0 Å². The highest BCUT2D eigenvalue weighted by Crippen LogP contribution is 2.30. The molecule has 0 fully saturated rings. The lowest BCUT2D eigenvalue weighted by Gasteiger charge is -2.17. The van der Waals surface area contributed by atoms with E-state index in [4.69, 9.17) is 4.74 Å². The molecule has 2 aromatic rings. The lowest BCUT2D eigenvalue weighted by Crippen LogP contribution is -2.21. The summed E-state index contributed by atoms with van der Waals surface area (Å²) in [5, 5.41) is 15.0. The van der Waals surface area contributed by atoms with Crippen molar-refractivity contribution in [2.24, 2.45) is 0 Å². The normalized spacial score (nSPS) is 12.7. The number of ether oxygens (including phenoxy) is 1. The molecule has 0 amide bonds. The molecule has 2 rings (SSSR count). The van der Waals surface area contributed by atoms with Gasteiger partial charge in [0.25, 0.3) is 0 Å². The van der Waals surface area contributed by atoms with Crippen molar-refractivity contribution in [3.05, 3.63) is 47.3 Å². The Morgan fingerprint density at radius 1 is 1.38 bits per heavy atom. The highest BCUT2D eigenvalue weighted by Gasteiger charge is 2.21. The van der Waals surface area contributed by atoms with Crippen molar-refractivity contribution < 1.29 is 9.84 Å². The Morgan fingerprint density at radius 2 is 2.14 bits per heavy atom. The van der Waals surface area contributed by atoms with Gasteiger partial charge in [0.1, 0.15) is 11.8 Å². The summed E-state index contributed by atoms with van der Waals surface area (Å²) >= 11 is 0. The molecule has 5 nitrogen and oxygen atoms in total. The van der Waals surface area contributed by atoms with E-state index >= 15 is 0 Å². The number of hydrogen-bond acceptors (Lipinski definition) is 4. The molecule has 0 bridgehead atoms. The van der Waals surface area contributed by atoms with Crippen LogP contribution in [-0.2, 0) is 6.54 Å². The summed E-state index contributed by atoms with van der Waals surface area (Å²) in [6.07, 6.45) is 0.911. The second kappa shape index (κ2) is 6.74. The van der Waals surface area contributed by atoms with Crippen molar-refractivity contribution in [2.75, 3.05) is 27.7 Å². The Labute approximate surface area is 125 Å². The van der Waals surface area contributed by atoms with E-state index in [1.54, 1.807) is 13.3 Å². The lowest BCUT2D eigenvalue weighted by atomic mass is 10.0. The molecule has 0 spiro atoms. The SMILES string of the molecule is COc1cnn(CCN(C)C)c1C(O)c1cccc(C)c1. The third-order valence-corrected chi connectivity index (χ3v) is 3.44. The molecule has 1 atom stereocenters. The molecular formula is C16H23N3O2. The van der Waals surface area contributed by atoms with Crippen LogP contribution in [-0.4, -0.2) is 47.5 Å². The fourth-order valence-corrected chi connectivity index (χ4v) is 2.28. The molecule has 21 heavy (non-hydrogen) atoms. The molecule has 1 aromatic carbocycles. The van der Waals surface area contributed by atoms with E-state index < -0.39 is 6.10 Å². The number of nitrogens with zero attached hydrogens (tertiary/aromatic N) is 3. The fourth-order valence-electron chi connectivity index (χ4n) is 2.28. The van der Waals surface area contributed by atoms with Gasteiger partial charge < -0.3 is 14.7 Å². The molecule has 1 heterocycles. The molecule has 0 saturated heterocycles. The summed E-state index contributed by atoms with van der Waals surface area (Å²) < 4.78 is 7.16. The first-order valence-electron chi connectivity index (χ1n) is 7.02. The Morgan fingerprint density at radius 3 is 2.76 bits per heavy atom. The van der Waals surface area contributed by atoms with Crippen LogP contribution in [0.2, 0.25) is 0 Å². The largest absolute Gasteiger partial charge is 0.493 e. The van der Waals surface area contributed by atoms with E-state index in [-0.39, 0.29) is 0 Å². The lowest BCUT2D eigenvalue weighted by molar-refractivity contribution is 0.200. The van der Waals surface area contributed by atoms with Crippen molar-refractivity contribution in [3.8, 4) is 5.75 Å². The molecule has 1 unspecified atom stereocenters. The number of benzene rings is 1. The van der Waals surface area contributed by atoms with Gasteiger partial charge in [-0.1, -0.05) is 29.8 Å². The van der Waals surface area contributed by atoms with Crippen LogP contribution in [0, 0.1) is 6.92 Å². The minimum Gasteiger partial charge on any atom is -0.493 e. The number of aliphatic hydroxyl groups excluding tert-OH is 1. The second-order valence-electron chi connectivity index (χ2n) is 5.44. The molecule has 0 saturated carbocycles. The van der Waals surface area contributed by atoms with Crippen LogP contribution >= 0.6 is 0 Å². The van der Waals surface area contributed by atoms with Gasteiger partial charge in [-0.05, 0) is 26.6 Å². The van der Waals surface area contributed by atoms with Crippen LogP contribution in [0.4, 0.5) is 0 Å². The first kappa shape index (κ1) is 15.5. The van der Waals surface area contributed by atoms with Crippen LogP contribution in [0.15, 0.2) is 30.5 Å². The highest BCUT2D eigenvalue weighted by molar-refractivity contribution is 5.36. The van der Waals surface area contributed by atoms with Gasteiger partial charge in [-0.3, -0.25) is 4.68 Å². The summed E-state index contributed by atoms with van der Waals surface area (Å²) in [5.74, 6) is 0.614. The minimum absolute atomic E-state index is 0.614. The molecule has 0 aliphatic rings. The standard InChI is InChI=1S/C16H23N3O2/c1-12-6-5-7-13(10-12)16(20)15-14(21-4)11-17-19(15)9-8-18(2)3/h5-7,10-11,16,20H,8-9H2,1-4H3. The third kappa shape index (κ3) is 3.62. The number of rotatable bonds is 6. The van der Waals surface area contributed by atoms with Gasteiger partial charge in [-0.15, -0.1) is 0 Å². The number of methoxy groups -OCH3 is 1. The van der Waals surface area contributed by atoms with Crippen molar-refractivity contribution in [1.82, 2.24) is 14.7 Å². The minimum atomic E-state index is -0.746. The smallest absolute Gasteiger partial charge is 0.163 e. The Balaban J connectivity index is 2.34. The van der Waals surface area contributed by atoms with Gasteiger partial charge in [0, 0.05) is 6.54 Å². The fraction of sp³-hybridized carbons (Fsp3) is 0.438. The molecule has 0 aliphatic heterocycles. The van der Waals surface area contributed by atoms with Crippen molar-refractivity contribution in [1.29, 1.82) is 0 Å². The summed E-state index contributed by atoms with van der Waals surface area (Å²) in [6, 6.07) is 7.85. The quantitative estimate of drug-likeness (QED) is 0.881. The number of aryl methyl sites for hydroxylation is 1. The number of hydrogen-bond donors (Lipinski definition) is 1. The van der Waals surface area contributed by atoms with Gasteiger partial charge in [-0.25, -0.2) is 0 Å². The van der Waals surface area contributed by atoms with E-state index in [0.29, 0.717) is 18.0 Å². The predicted molar refractivity (Wildman–Crippen MR) is 82.6 cm³/mol. The average Bonchev–Trinajstić information content (AvgIpc) is 2.87. The molecule has 1 N–H and O–H groups in total. The maximum absolute atomic E-state index is 10.7. The number of aliphatic hydroxyl groups is 1. The van der Waals surface area contributed by atoms with Crippen molar-refractivity contribution in [3.63, 3.8) is 0 Å². The van der Waals surface area contributed by atoms with Crippen LogP contribution in [0.3, 0.4) is 0 Å². The van der Waals surface area contributed by atoms with E-state index in [2.05, 4.69) is 10.00 Å². The molecule has 1 aromatic heterocycles. The predicted octanol–water partition coefficient (Wildman–Crippen LogP) is 1.84. The zero-order chi connectivity index (χ0) is 15.4. The van der Waals surface area contributed by atoms with Crippen LogP contribution < -0.4 is 4.74 Å². The number of likely N-dealkylation sites (N-methyl/N-ethyl adjacent to an activating group) is 1. The van der Waals surface area contributed by atoms with Gasteiger partial charge in [0.05, 0.1) is 19.9 Å². The summed E-state index contributed by atoms with van der Waals surface area (Å²) in [4.78, 5) is 2.08. The Hall–Kier alpha value is -1.85. The van der Waals surface area contributed by atoms with Crippen molar-refractivity contribution >= 4 is 0 Å². The maximum Gasteiger partial charge on any atom is 0.163 e. The van der Waals surface area contributed by atoms with Crippen molar-refractivity contribution in [2.45, 2.75) is 19.6 Å². The zero-order valence-electron chi connectivity index (χ0n) is 13.1. The molecule has 0 aliphatic carbocycles. The summed E-state index contributed by atoms with van der Waals surface area (Å²) in [6.45, 7) is 3.56. The Bertz CT molecular complexity index is 593. The molecule has 0 radical (unpaired) electrons. The van der Waals surface area contributed by atoms with E-state index in [0.717, 1.165) is 17.7 Å². The van der Waals surface area contributed by atoms with E-state index in [1.807, 2.05) is 50.0 Å². The van der Waals surface area contributed by atoms with Gasteiger partial charge in [0.15, 0.2) is 5.75 Å². The van der Waals surface area contributed by atoms with E-state index in [1.165, 1.54) is 0 Å². The molecular weight excluding hydrogens is 266 g/mol. The van der Waals surface area contributed by atoms with E-state index in [9.17, 15) is 5.11 Å². The summed E-state index contributed by atoms with van der Waals surface area (Å²) in [7, 11) is 5.62. The topological polar surface area (TPSA) is 50.5 Å². The maximum atomic E-state index is 10.7. The second-order valence-corrected chi connectivity index (χ2v) is 5.44. The molecule has 114 valence electrons. The summed E-state index contributed by atoms with van der Waals surface area (Å²) in [5.41, 5.74) is 2.66. The highest BCUT2D eigenvalue weighted by atomic mass is 16.5. The first-order chi connectivity index (χ1) is 10.0. The monoisotopic (exact) mass is 289 g/mol. The molecule has 5 heteroatoms. The third-order valence-electron chi connectivity index (χ3n) is 3.44. The Kier molecular flexibility index (Phi) is 4.98. The first-order valence-corrected chi connectivity index (χ1v) is 7.02. The van der Waals surface area contributed by atoms with Gasteiger partial charge >= 0.3 is 0 Å². The van der Waals surface area contributed by atoms with Crippen LogP contribution in [0.25, 0.3) is 0 Å². The average molecular weight is 289 g/mol.